The zero-order chi connectivity index (χ0) is 35.2. The molecule has 3 aromatic rings. The summed E-state index contributed by atoms with van der Waals surface area (Å²) in [5, 5.41) is 0. The number of rotatable bonds is 5. The molecular weight excluding hydrogens is 638 g/mol. The van der Waals surface area contributed by atoms with E-state index in [1.54, 1.807) is 7.11 Å². The molecule has 268 valence electrons. The highest BCUT2D eigenvalue weighted by atomic mass is 16.6. The van der Waals surface area contributed by atoms with E-state index in [4.69, 9.17) is 23.7 Å². The molecule has 0 radical (unpaired) electrons. The van der Waals surface area contributed by atoms with E-state index in [1.165, 1.54) is 47.2 Å². The number of allylic oxidation sites excluding steroid dienone is 1. The normalized spacial score (nSPS) is 23.7. The molecule has 8 nitrogen and oxygen atoms in total. The summed E-state index contributed by atoms with van der Waals surface area (Å²) in [6.07, 6.45) is 9.11. The molecule has 3 unspecified atom stereocenters. The number of hydrogen-bond donors (Lipinski definition) is 0. The van der Waals surface area contributed by atoms with Crippen molar-refractivity contribution in [2.75, 3.05) is 54.5 Å². The van der Waals surface area contributed by atoms with Crippen LogP contribution in [0.25, 0.3) is 0 Å². The number of hydrogen-bond acceptors (Lipinski definition) is 8. The summed E-state index contributed by atoms with van der Waals surface area (Å²) in [5.41, 5.74) is 7.35. The molecule has 0 N–H and O–H groups in total. The van der Waals surface area contributed by atoms with E-state index in [1.807, 2.05) is 0 Å². The Hall–Kier alpha value is -4.24. The monoisotopic (exact) mass is 689 g/mol. The molecule has 8 aliphatic heterocycles. The third-order valence-electron chi connectivity index (χ3n) is 11.8. The smallest absolute Gasteiger partial charge is 0.212 e. The van der Waals surface area contributed by atoms with Crippen LogP contribution in [0.3, 0.4) is 0 Å². The van der Waals surface area contributed by atoms with E-state index in [9.17, 15) is 0 Å². The number of likely N-dealkylation sites (N-methyl/N-ethyl adjacent to an activating group) is 2. The van der Waals surface area contributed by atoms with Gasteiger partial charge in [0.2, 0.25) is 5.75 Å². The molecule has 0 amide bonds. The lowest BCUT2D eigenvalue weighted by Gasteiger charge is -2.38. The fraction of sp³-hybridized carbons (Fsp3) is 0.442. The van der Waals surface area contributed by atoms with E-state index in [2.05, 4.69) is 104 Å². The summed E-state index contributed by atoms with van der Waals surface area (Å²) < 4.78 is 32.4. The third kappa shape index (κ3) is 6.65. The third-order valence-corrected chi connectivity index (χ3v) is 11.8. The first-order chi connectivity index (χ1) is 24.7. The Balaban J connectivity index is 1.20. The molecule has 0 saturated carbocycles. The van der Waals surface area contributed by atoms with Gasteiger partial charge in [0.05, 0.1) is 13.7 Å². The molecule has 3 aromatic carbocycles. The van der Waals surface area contributed by atoms with E-state index in [0.29, 0.717) is 35.7 Å². The van der Waals surface area contributed by atoms with Crippen molar-refractivity contribution >= 4 is 0 Å². The molecule has 0 aromatic heterocycles. The van der Waals surface area contributed by atoms with Crippen molar-refractivity contribution in [1.82, 2.24) is 14.7 Å². The SMILES string of the molecule is C=C1Oc2c3c(OC)cc4c2C(Cc2ccc(cc2)Oc2cc(ccc2OCCC2CCCN2C)CC2C(C)=C(C=C1O3)CCN2C)N(C)CC4. The first kappa shape index (κ1) is 33.9. The largest absolute Gasteiger partial charge is 0.493 e. The lowest BCUT2D eigenvalue weighted by atomic mass is 9.87. The molecule has 10 bridgehead atoms. The Morgan fingerprint density at radius 3 is 2.35 bits per heavy atom. The molecule has 0 spiro atoms. The van der Waals surface area contributed by atoms with Gasteiger partial charge in [-0.25, -0.2) is 0 Å². The second-order valence-electron chi connectivity index (χ2n) is 15.0. The van der Waals surface area contributed by atoms with Crippen LogP contribution in [0.15, 0.2) is 83.9 Å². The van der Waals surface area contributed by atoms with E-state index < -0.39 is 0 Å². The topological polar surface area (TPSA) is 55.9 Å². The van der Waals surface area contributed by atoms with Gasteiger partial charge in [0.15, 0.2) is 34.5 Å². The van der Waals surface area contributed by atoms with Crippen molar-refractivity contribution in [1.29, 1.82) is 0 Å². The van der Waals surface area contributed by atoms with Crippen molar-refractivity contribution in [3.63, 3.8) is 0 Å². The summed E-state index contributed by atoms with van der Waals surface area (Å²) >= 11 is 0. The van der Waals surface area contributed by atoms with Crippen molar-refractivity contribution in [3.8, 4) is 34.5 Å². The fourth-order valence-corrected chi connectivity index (χ4v) is 8.63. The molecular formula is C43H51N3O5. The molecule has 8 heterocycles. The van der Waals surface area contributed by atoms with E-state index >= 15 is 0 Å². The van der Waals surface area contributed by atoms with Crippen LogP contribution < -0.4 is 23.7 Å². The molecule has 3 atom stereocenters. The molecule has 1 saturated heterocycles. The van der Waals surface area contributed by atoms with Gasteiger partial charge in [-0.2, -0.15) is 0 Å². The Bertz CT molecular complexity index is 1880. The average Bonchev–Trinajstić information content (AvgIpc) is 3.54. The lowest BCUT2D eigenvalue weighted by Crippen LogP contribution is -2.39. The minimum Gasteiger partial charge on any atom is -0.493 e. The number of benzene rings is 3. The molecule has 8 aliphatic rings. The van der Waals surface area contributed by atoms with Crippen LogP contribution in [0.4, 0.5) is 0 Å². The van der Waals surface area contributed by atoms with Gasteiger partial charge in [-0.15, -0.1) is 0 Å². The minimum atomic E-state index is 0.0860. The van der Waals surface area contributed by atoms with Crippen LogP contribution in [-0.2, 0) is 19.3 Å². The first-order valence-corrected chi connectivity index (χ1v) is 18.6. The lowest BCUT2D eigenvalue weighted by molar-refractivity contribution is 0.213. The Labute approximate surface area is 302 Å². The highest BCUT2D eigenvalue weighted by Gasteiger charge is 2.36. The molecule has 1 fully saturated rings. The Kier molecular flexibility index (Phi) is 9.34. The van der Waals surface area contributed by atoms with E-state index in [-0.39, 0.29) is 12.1 Å². The fourth-order valence-electron chi connectivity index (χ4n) is 8.63. The van der Waals surface area contributed by atoms with Gasteiger partial charge < -0.3 is 28.6 Å². The maximum absolute atomic E-state index is 6.72. The van der Waals surface area contributed by atoms with Crippen LogP contribution >= 0.6 is 0 Å². The maximum atomic E-state index is 6.72. The van der Waals surface area contributed by atoms with Crippen LogP contribution in [-0.4, -0.2) is 81.3 Å². The van der Waals surface area contributed by atoms with Crippen molar-refractivity contribution in [2.24, 2.45) is 0 Å². The predicted octanol–water partition coefficient (Wildman–Crippen LogP) is 7.87. The van der Waals surface area contributed by atoms with Crippen LogP contribution in [0, 0.1) is 0 Å². The van der Waals surface area contributed by atoms with E-state index in [0.717, 1.165) is 73.8 Å². The van der Waals surface area contributed by atoms with Crippen molar-refractivity contribution in [3.05, 3.63) is 106 Å². The number of methoxy groups -OCH3 is 1. The first-order valence-electron chi connectivity index (χ1n) is 18.6. The summed E-state index contributed by atoms with van der Waals surface area (Å²) in [5.74, 6) is 5.54. The summed E-state index contributed by atoms with van der Waals surface area (Å²) in [6.45, 7) is 10.3. The van der Waals surface area contributed by atoms with Gasteiger partial charge in [-0.1, -0.05) is 30.4 Å². The second-order valence-corrected chi connectivity index (χ2v) is 15.0. The van der Waals surface area contributed by atoms with Crippen LogP contribution in [0.2, 0.25) is 0 Å². The summed E-state index contributed by atoms with van der Waals surface area (Å²) in [7, 11) is 8.32. The van der Waals surface area contributed by atoms with Gasteiger partial charge in [-0.05, 0) is 138 Å². The van der Waals surface area contributed by atoms with Gasteiger partial charge in [-0.3, -0.25) is 9.80 Å². The number of likely N-dealkylation sites (tertiary alicyclic amines) is 1. The van der Waals surface area contributed by atoms with Gasteiger partial charge >= 0.3 is 0 Å². The average molecular weight is 690 g/mol. The Morgan fingerprint density at radius 2 is 1.57 bits per heavy atom. The van der Waals surface area contributed by atoms with Crippen molar-refractivity contribution in [2.45, 2.75) is 70.0 Å². The number of nitrogens with zero attached hydrogens (tertiary/aromatic N) is 3. The quantitative estimate of drug-likeness (QED) is 0.269. The number of ether oxygens (including phenoxy) is 5. The zero-order valence-electron chi connectivity index (χ0n) is 30.8. The summed E-state index contributed by atoms with van der Waals surface area (Å²) in [6, 6.07) is 18.0. The molecule has 8 heteroatoms. The van der Waals surface area contributed by atoms with Crippen molar-refractivity contribution < 1.29 is 23.7 Å². The maximum Gasteiger partial charge on any atom is 0.212 e. The zero-order valence-corrected chi connectivity index (χ0v) is 30.8. The van der Waals surface area contributed by atoms with Crippen LogP contribution in [0.5, 0.6) is 34.5 Å². The Morgan fingerprint density at radius 1 is 0.804 bits per heavy atom. The highest BCUT2D eigenvalue weighted by Crippen LogP contribution is 2.52. The molecule has 51 heavy (non-hydrogen) atoms. The minimum absolute atomic E-state index is 0.0860. The molecule has 0 aliphatic carbocycles. The molecule has 11 rings (SSSR count). The van der Waals surface area contributed by atoms with Gasteiger partial charge in [0.1, 0.15) is 5.75 Å². The second kappa shape index (κ2) is 14.1. The van der Waals surface area contributed by atoms with Gasteiger partial charge in [0.25, 0.3) is 0 Å². The van der Waals surface area contributed by atoms with Gasteiger partial charge in [0, 0.05) is 36.8 Å². The predicted molar refractivity (Wildman–Crippen MR) is 200 cm³/mol. The summed E-state index contributed by atoms with van der Waals surface area (Å²) in [4.78, 5) is 7.31. The highest BCUT2D eigenvalue weighted by molar-refractivity contribution is 5.64. The standard InChI is InChI=1S/C43H51N3O5/c1-27-31-15-19-45(4)35(27)23-30-11-14-37(48-21-17-33-8-7-18-44(33)3)39(24-30)50-34-12-9-29(10-13-34)22-36-41-32(16-20-46(36)5)26-40(47-6)42-43(41)49-28(2)38(25-31)51-42/h9-14,24-26,33,35-36H,2,7-8,15-23H2,1,3-6H3. The van der Waals surface area contributed by atoms with Crippen LogP contribution in [0.1, 0.15) is 60.9 Å².